The summed E-state index contributed by atoms with van der Waals surface area (Å²) >= 11 is 0. The molecular formula is C77H97N3O22. The predicted octanol–water partition coefficient (Wildman–Crippen LogP) is 11.5. The van der Waals surface area contributed by atoms with E-state index in [0.717, 1.165) is 28.9 Å². The average Bonchev–Trinajstić information content (AvgIpc) is 0.860. The maximum atomic E-state index is 11.4. The number of allylic oxidation sites excluding steroid dienone is 1. The Bertz CT molecular complexity index is 3580. The van der Waals surface area contributed by atoms with E-state index in [4.69, 9.17) is 9.84 Å². The Kier molecular flexibility index (Phi) is 54.1. The number of hydrogen-bond acceptors (Lipinski definition) is 22. The molecule has 0 aromatic heterocycles. The van der Waals surface area contributed by atoms with E-state index in [1.807, 2.05) is 73.7 Å². The molecule has 0 atom stereocenters. The van der Waals surface area contributed by atoms with Crippen molar-refractivity contribution in [3.8, 4) is 0 Å². The molecule has 102 heavy (non-hydrogen) atoms. The third-order valence-electron chi connectivity index (χ3n) is 11.9. The van der Waals surface area contributed by atoms with Crippen LogP contribution in [0.15, 0.2) is 180 Å². The molecule has 0 radical (unpaired) electrons. The molecule has 0 saturated carbocycles. The minimum absolute atomic E-state index is 0.0709. The van der Waals surface area contributed by atoms with Crippen LogP contribution in [-0.2, 0) is 97.1 Å². The Morgan fingerprint density at radius 1 is 0.500 bits per heavy atom. The molecule has 0 heterocycles. The highest BCUT2D eigenvalue weighted by atomic mass is 16.6. The Labute approximate surface area is 597 Å². The number of carbonyl (C=O) groups is 13. The van der Waals surface area contributed by atoms with Crippen molar-refractivity contribution in [3.63, 3.8) is 0 Å². The molecule has 25 heteroatoms. The summed E-state index contributed by atoms with van der Waals surface area (Å²) in [5, 5.41) is 13.5. The molecule has 5 rings (SSSR count). The number of hydrogen-bond donors (Lipinski definition) is 3. The third-order valence-corrected chi connectivity index (χ3v) is 11.9. The summed E-state index contributed by atoms with van der Waals surface area (Å²) in [6, 6.07) is 41.9. The highest BCUT2D eigenvalue weighted by Gasteiger charge is 2.16. The normalized spacial score (nSPS) is 10.2. The lowest BCUT2D eigenvalue weighted by molar-refractivity contribution is -0.146. The van der Waals surface area contributed by atoms with Crippen LogP contribution in [-0.4, -0.2) is 150 Å². The minimum Gasteiger partial charge on any atom is -0.478 e. The number of aliphatic imine (C=N–C) groups is 1. The molecule has 552 valence electrons. The molecular weight excluding hydrogens is 1320 g/mol. The van der Waals surface area contributed by atoms with Crippen molar-refractivity contribution in [1.82, 2.24) is 10.6 Å². The first-order valence-corrected chi connectivity index (χ1v) is 31.6. The van der Waals surface area contributed by atoms with Crippen LogP contribution in [0.3, 0.4) is 0 Å². The van der Waals surface area contributed by atoms with Gasteiger partial charge in [-0.25, -0.2) is 24.0 Å². The molecule has 5 aromatic rings. The Balaban J connectivity index is -0.00000110. The quantitative estimate of drug-likeness (QED) is 0.00929. The van der Waals surface area contributed by atoms with Crippen molar-refractivity contribution in [1.29, 1.82) is 0 Å². The molecule has 0 aliphatic carbocycles. The smallest absolute Gasteiger partial charge is 0.379 e. The number of nitrogens with zero attached hydrogens (tertiary/aromatic N) is 1. The van der Waals surface area contributed by atoms with Crippen LogP contribution in [0, 0.1) is 6.92 Å². The fourth-order valence-electron chi connectivity index (χ4n) is 7.12. The Hall–Kier alpha value is -11.6. The maximum Gasteiger partial charge on any atom is 0.379 e. The molecule has 0 aliphatic rings. The molecule has 0 aliphatic heterocycles. The van der Waals surface area contributed by atoms with Crippen molar-refractivity contribution >= 4 is 100 Å². The number of ether oxygens (including phenoxy) is 8. The van der Waals surface area contributed by atoms with E-state index >= 15 is 0 Å². The zero-order chi connectivity index (χ0) is 78.0. The first kappa shape index (κ1) is 94.6. The van der Waals surface area contributed by atoms with E-state index < -0.39 is 53.5 Å². The molecule has 25 nitrogen and oxygen atoms in total. The molecule has 0 bridgehead atoms. The maximum absolute atomic E-state index is 11.4. The number of methoxy groups -OCH3 is 5. The Morgan fingerprint density at radius 2 is 0.961 bits per heavy atom. The van der Waals surface area contributed by atoms with Crippen LogP contribution in [0.2, 0.25) is 0 Å². The van der Waals surface area contributed by atoms with Gasteiger partial charge in [0.25, 0.3) is 5.78 Å². The lowest BCUT2D eigenvalue weighted by Crippen LogP contribution is -2.25. The zero-order valence-electron chi connectivity index (χ0n) is 61.0. The Morgan fingerprint density at radius 3 is 1.38 bits per heavy atom. The van der Waals surface area contributed by atoms with Gasteiger partial charge in [-0.2, -0.15) is 0 Å². The topological polar surface area (TPSA) is 352 Å². The van der Waals surface area contributed by atoms with Crippen molar-refractivity contribution in [2.24, 2.45) is 4.99 Å². The molecule has 2 amide bonds. The number of nitrogens with one attached hydrogen (secondary N) is 2. The van der Waals surface area contributed by atoms with Gasteiger partial charge in [-0.1, -0.05) is 160 Å². The van der Waals surface area contributed by atoms with Gasteiger partial charge in [-0.05, 0) is 89.3 Å². The number of aliphatic carboxylic acids is 1. The van der Waals surface area contributed by atoms with E-state index in [0.29, 0.717) is 55.2 Å². The van der Waals surface area contributed by atoms with Crippen LogP contribution < -0.4 is 10.6 Å². The minimum atomic E-state index is -0.876. The molecule has 5 aromatic carbocycles. The molecule has 3 N–H and O–H groups in total. The lowest BCUT2D eigenvalue weighted by atomic mass is 10.1. The second-order valence-corrected chi connectivity index (χ2v) is 20.3. The summed E-state index contributed by atoms with van der Waals surface area (Å²) in [6.07, 6.45) is 5.48. The number of benzene rings is 5. The van der Waals surface area contributed by atoms with Gasteiger partial charge in [0.2, 0.25) is 11.8 Å². The average molecular weight is 1420 g/mol. The van der Waals surface area contributed by atoms with Crippen LogP contribution in [0.25, 0.3) is 12.2 Å². The molecule has 0 unspecified atom stereocenters. The first-order chi connectivity index (χ1) is 48.4. The van der Waals surface area contributed by atoms with Crippen LogP contribution >= 0.6 is 0 Å². The van der Waals surface area contributed by atoms with Crippen LogP contribution in [0.4, 0.5) is 5.69 Å². The summed E-state index contributed by atoms with van der Waals surface area (Å²) in [7, 11) is 6.61. The zero-order valence-corrected chi connectivity index (χ0v) is 61.0. The highest BCUT2D eigenvalue weighted by molar-refractivity contribution is 6.40. The number of amides is 2. The van der Waals surface area contributed by atoms with Gasteiger partial charge in [0.1, 0.15) is 24.3 Å². The van der Waals surface area contributed by atoms with Gasteiger partial charge in [0.05, 0.1) is 67.0 Å². The third kappa shape index (κ3) is 48.2. The van der Waals surface area contributed by atoms with Crippen molar-refractivity contribution in [2.75, 3.05) is 62.0 Å². The number of carboxylic acid groups (broad SMARTS) is 1. The summed E-state index contributed by atoms with van der Waals surface area (Å²) in [6.45, 7) is 24.0. The number of esters is 7. The van der Waals surface area contributed by atoms with E-state index in [9.17, 15) is 62.3 Å². The van der Waals surface area contributed by atoms with E-state index in [1.54, 1.807) is 115 Å². The standard InChI is InChI=1S/C13H19NO.C12H13NO3.C11H12O3.C10H10O2.C9H8O3.C8H13NO3.C7H10O4.C7H12O3/c1-5-12-8-6-7-10(2)13(12)14-11(3)9-15-4;1-9(14)13-11(12(15)16-2)8-10-6-4-3-5-7-10;1-2-14-11(13)8-10(12)9-6-4-3-5-7-9;1-8(10(11)12)7-9-5-3-2-4-6-9;1-12-9(11)8(10)7-5-3-2-4-6-7;1-4-12-8(11)5-6(2)9-7(3)10;1-5(7(9)11-3)4-6(8)10-2;1-3-6(8)5-7(9)10-4-2/h6-8H,5,9H2,1-4H3;3-8H,1-2H3,(H,13,14);3-7H,2,8H2,1H3;2-7H,1H3,(H,11,12);2-6H,1H3;5H,4H2,1-3H3,(H,9,10);1,4H2,2-3H3;3-5H2,1-2H3/b;11-8-;;8-7+;;6-5-;;. The first-order valence-electron chi connectivity index (χ1n) is 31.6. The number of carbonyl (C=O) groups excluding carboxylic acids is 12. The number of para-hydroxylation sites is 1. The summed E-state index contributed by atoms with van der Waals surface area (Å²) in [4.78, 5) is 145. The molecule has 0 saturated heterocycles. The number of aryl methyl sites for hydroxylation is 2. The van der Waals surface area contributed by atoms with Crippen LogP contribution in [0.5, 0.6) is 0 Å². The molecule has 0 spiro atoms. The van der Waals surface area contributed by atoms with E-state index in [1.165, 1.54) is 59.5 Å². The summed E-state index contributed by atoms with van der Waals surface area (Å²) in [5.41, 5.74) is 8.33. The second-order valence-electron chi connectivity index (χ2n) is 20.3. The van der Waals surface area contributed by atoms with Gasteiger partial charge in [-0.15, -0.1) is 0 Å². The largest absolute Gasteiger partial charge is 0.478 e. The molecule has 0 fully saturated rings. The van der Waals surface area contributed by atoms with Gasteiger partial charge in [0, 0.05) is 67.1 Å². The van der Waals surface area contributed by atoms with E-state index in [-0.39, 0.29) is 53.9 Å². The fourth-order valence-corrected chi connectivity index (χ4v) is 7.12. The number of carboxylic acids is 1. The predicted molar refractivity (Wildman–Crippen MR) is 387 cm³/mol. The number of ketones is 3. The summed E-state index contributed by atoms with van der Waals surface area (Å²) < 4.78 is 36.4. The van der Waals surface area contributed by atoms with Gasteiger partial charge >= 0.3 is 47.8 Å². The summed E-state index contributed by atoms with van der Waals surface area (Å²) in [5.74, 6) is -6.10. The number of rotatable bonds is 25. The highest BCUT2D eigenvalue weighted by Crippen LogP contribution is 2.24. The lowest BCUT2D eigenvalue weighted by Gasteiger charge is -2.07. The number of Topliss-reactive ketones (excluding diaryl/α,β-unsaturated/α-hetero) is 3. The monoisotopic (exact) mass is 1420 g/mol. The fraction of sp³-hybridized carbons (Fsp3) is 0.325. The second kappa shape index (κ2) is 58.4. The van der Waals surface area contributed by atoms with Crippen molar-refractivity contribution in [2.45, 2.75) is 108 Å². The van der Waals surface area contributed by atoms with Gasteiger partial charge < -0.3 is 53.6 Å². The van der Waals surface area contributed by atoms with Gasteiger partial charge in [0.15, 0.2) is 5.78 Å². The van der Waals surface area contributed by atoms with Crippen molar-refractivity contribution < 1.29 is 105 Å². The van der Waals surface area contributed by atoms with E-state index in [2.05, 4.69) is 87.4 Å². The van der Waals surface area contributed by atoms with Crippen molar-refractivity contribution in [3.05, 3.63) is 208 Å². The SMILES string of the molecule is C/C(=C\c1ccccc1)C(=O)O.C=C(CC(=O)OC)C(=O)OC.CCOC(=O)/C=C(/C)NC(C)=O.CCOC(=O)CC(=O)CC.CCOC(=O)CC(=O)c1ccccc1.CCc1cccc(C)c1N=C(C)COC.COC(=O)/C(=C/c1ccccc1)NC(C)=O.COC(=O)C(=O)c1ccccc1. The van der Waals surface area contributed by atoms with Gasteiger partial charge in [-0.3, -0.25) is 43.3 Å². The van der Waals surface area contributed by atoms with Crippen LogP contribution in [0.1, 0.15) is 138 Å².